The molecule has 0 fully saturated rings. The van der Waals surface area contributed by atoms with Gasteiger partial charge < -0.3 is 9.88 Å². The molecule has 0 atom stereocenters. The van der Waals surface area contributed by atoms with E-state index in [1.165, 1.54) is 5.56 Å². The van der Waals surface area contributed by atoms with E-state index < -0.39 is 0 Å². The van der Waals surface area contributed by atoms with Crippen molar-refractivity contribution in [2.24, 2.45) is 0 Å². The number of hydrogen-bond acceptors (Lipinski definition) is 2. The minimum absolute atomic E-state index is 0.685. The number of hydrogen-bond donors (Lipinski definition) is 1. The quantitative estimate of drug-likeness (QED) is 0.754. The van der Waals surface area contributed by atoms with Crippen LogP contribution in [0.3, 0.4) is 0 Å². The van der Waals surface area contributed by atoms with Gasteiger partial charge in [0.05, 0.1) is 0 Å². The van der Waals surface area contributed by atoms with Gasteiger partial charge in [-0.25, -0.2) is 0 Å². The Morgan fingerprint density at radius 2 is 1.90 bits per heavy atom. The third kappa shape index (κ3) is 1.92. The molecule has 0 aliphatic rings. The van der Waals surface area contributed by atoms with Crippen molar-refractivity contribution < 1.29 is 0 Å². The fourth-order valence-corrected chi connectivity index (χ4v) is 2.46. The molecular weight excluding hydrogens is 246 g/mol. The third-order valence-corrected chi connectivity index (χ3v) is 3.52. The maximum absolute atomic E-state index is 9.46. The highest BCUT2D eigenvalue weighted by Crippen LogP contribution is 2.31. The minimum atomic E-state index is 0.685. The van der Waals surface area contributed by atoms with E-state index in [4.69, 9.17) is 0 Å². The number of anilines is 2. The molecule has 2 aromatic carbocycles. The Bertz CT molecular complexity index is 808. The van der Waals surface area contributed by atoms with Crippen LogP contribution in [0.5, 0.6) is 0 Å². The predicted molar refractivity (Wildman–Crippen MR) is 82.3 cm³/mol. The number of rotatable bonds is 2. The van der Waals surface area contributed by atoms with Gasteiger partial charge in [-0.3, -0.25) is 0 Å². The van der Waals surface area contributed by atoms with Gasteiger partial charge in [0.25, 0.3) is 0 Å². The summed E-state index contributed by atoms with van der Waals surface area (Å²) < 4.78 is 0. The molecule has 1 heterocycles. The molecule has 0 saturated heterocycles. The molecule has 20 heavy (non-hydrogen) atoms. The van der Waals surface area contributed by atoms with Crippen LogP contribution in [0.4, 0.5) is 11.5 Å². The van der Waals surface area contributed by atoms with Crippen molar-refractivity contribution >= 4 is 22.4 Å². The number of aryl methyl sites for hydroxylation is 1. The van der Waals surface area contributed by atoms with Gasteiger partial charge in [-0.05, 0) is 30.7 Å². The van der Waals surface area contributed by atoms with Gasteiger partial charge >= 0.3 is 0 Å². The van der Waals surface area contributed by atoms with Crippen molar-refractivity contribution in [2.45, 2.75) is 6.92 Å². The summed E-state index contributed by atoms with van der Waals surface area (Å²) in [6, 6.07) is 18.4. The smallest absolute Gasteiger partial charge is 0.129 e. The van der Waals surface area contributed by atoms with Gasteiger partial charge in [0.2, 0.25) is 0 Å². The van der Waals surface area contributed by atoms with Gasteiger partial charge in [-0.1, -0.05) is 30.3 Å². The van der Waals surface area contributed by atoms with Crippen LogP contribution >= 0.6 is 0 Å². The predicted octanol–water partition coefficient (Wildman–Crippen LogP) is 4.12. The topological polar surface area (TPSA) is 42.8 Å². The van der Waals surface area contributed by atoms with E-state index in [2.05, 4.69) is 30.1 Å². The molecule has 0 aliphatic heterocycles. The van der Waals surface area contributed by atoms with E-state index in [0.717, 1.165) is 22.4 Å². The van der Waals surface area contributed by atoms with E-state index >= 15 is 0 Å². The van der Waals surface area contributed by atoms with Crippen LogP contribution in [0, 0.1) is 18.3 Å². The van der Waals surface area contributed by atoms with Gasteiger partial charge in [0, 0.05) is 23.6 Å². The second-order valence-corrected chi connectivity index (χ2v) is 4.90. The second-order valence-electron chi connectivity index (χ2n) is 4.90. The van der Waals surface area contributed by atoms with Crippen molar-refractivity contribution in [2.75, 3.05) is 11.9 Å². The number of benzene rings is 2. The number of H-pyrrole nitrogens is 1. The first-order valence-corrected chi connectivity index (χ1v) is 6.52. The Morgan fingerprint density at radius 3 is 2.65 bits per heavy atom. The van der Waals surface area contributed by atoms with Crippen LogP contribution in [-0.4, -0.2) is 12.0 Å². The normalized spacial score (nSPS) is 10.4. The molecule has 0 unspecified atom stereocenters. The lowest BCUT2D eigenvalue weighted by Gasteiger charge is -2.18. The zero-order chi connectivity index (χ0) is 14.1. The lowest BCUT2D eigenvalue weighted by Crippen LogP contribution is -2.11. The summed E-state index contributed by atoms with van der Waals surface area (Å²) >= 11 is 0. The first-order chi connectivity index (χ1) is 9.70. The molecule has 1 N–H and O–H groups in total. The summed E-state index contributed by atoms with van der Waals surface area (Å²) in [5.41, 5.74) is 3.93. The first-order valence-electron chi connectivity index (χ1n) is 6.52. The monoisotopic (exact) mass is 261 g/mol. The minimum Gasteiger partial charge on any atom is -0.340 e. The van der Waals surface area contributed by atoms with Crippen molar-refractivity contribution in [3.63, 3.8) is 0 Å². The van der Waals surface area contributed by atoms with E-state index in [1.54, 1.807) is 0 Å². The molecule has 0 amide bonds. The number of nitrogens with one attached hydrogen (secondary N) is 1. The van der Waals surface area contributed by atoms with E-state index in [1.807, 2.05) is 48.3 Å². The molecule has 0 aliphatic carbocycles. The van der Waals surface area contributed by atoms with Gasteiger partial charge in [0.1, 0.15) is 17.5 Å². The van der Waals surface area contributed by atoms with Crippen molar-refractivity contribution in [1.29, 1.82) is 5.26 Å². The van der Waals surface area contributed by atoms with Crippen LogP contribution in [0.1, 0.15) is 11.1 Å². The van der Waals surface area contributed by atoms with E-state index in [-0.39, 0.29) is 0 Å². The van der Waals surface area contributed by atoms with Gasteiger partial charge in [0.15, 0.2) is 0 Å². The number of aromatic nitrogens is 1. The maximum Gasteiger partial charge on any atom is 0.129 e. The molecule has 0 radical (unpaired) electrons. The highest BCUT2D eigenvalue weighted by atomic mass is 15.2. The molecular formula is C17H15N3. The fraction of sp³-hybridized carbons (Fsp3) is 0.118. The number of nitrogens with zero attached hydrogens (tertiary/aromatic N) is 2. The number of aromatic amines is 1. The van der Waals surface area contributed by atoms with Crippen molar-refractivity contribution in [1.82, 2.24) is 4.98 Å². The summed E-state index contributed by atoms with van der Waals surface area (Å²) in [6.07, 6.45) is 0. The molecule has 0 bridgehead atoms. The number of para-hydroxylation sites is 1. The zero-order valence-electron chi connectivity index (χ0n) is 11.5. The molecule has 98 valence electrons. The summed E-state index contributed by atoms with van der Waals surface area (Å²) in [4.78, 5) is 5.36. The Labute approximate surface area is 118 Å². The fourth-order valence-electron chi connectivity index (χ4n) is 2.46. The van der Waals surface area contributed by atoms with Crippen LogP contribution in [0.2, 0.25) is 0 Å². The molecule has 3 heteroatoms. The number of fused-ring (bicyclic) bond motifs is 1. The summed E-state index contributed by atoms with van der Waals surface area (Å²) in [6.45, 7) is 2.06. The maximum atomic E-state index is 9.46. The molecule has 0 spiro atoms. The average molecular weight is 261 g/mol. The Balaban J connectivity index is 2.17. The molecule has 3 aromatic rings. The summed E-state index contributed by atoms with van der Waals surface area (Å²) in [5, 5.41) is 10.4. The van der Waals surface area contributed by atoms with Crippen LogP contribution in [-0.2, 0) is 0 Å². The highest BCUT2D eigenvalue weighted by molar-refractivity contribution is 5.92. The highest BCUT2D eigenvalue weighted by Gasteiger charge is 2.15. The lowest BCUT2D eigenvalue weighted by molar-refractivity contribution is 1.15. The van der Waals surface area contributed by atoms with Crippen LogP contribution < -0.4 is 4.90 Å². The Hall–Kier alpha value is -2.73. The lowest BCUT2D eigenvalue weighted by atomic mass is 10.1. The van der Waals surface area contributed by atoms with Crippen molar-refractivity contribution in [3.8, 4) is 6.07 Å². The van der Waals surface area contributed by atoms with Gasteiger partial charge in [-0.2, -0.15) is 5.26 Å². The van der Waals surface area contributed by atoms with Crippen LogP contribution in [0.25, 0.3) is 10.9 Å². The molecule has 3 rings (SSSR count). The largest absolute Gasteiger partial charge is 0.340 e. The third-order valence-electron chi connectivity index (χ3n) is 3.52. The summed E-state index contributed by atoms with van der Waals surface area (Å²) in [5.74, 6) is 0.833. The number of nitriles is 1. The average Bonchev–Trinajstić information content (AvgIpc) is 2.85. The Kier molecular flexibility index (Phi) is 2.92. The standard InChI is InChI=1S/C17H15N3/c1-12-6-5-7-13(10-12)20(2)17-15(11-18)14-8-3-4-9-16(14)19-17/h3-10,19H,1-2H3. The second kappa shape index (κ2) is 4.75. The SMILES string of the molecule is Cc1cccc(N(C)c2[nH]c3ccccc3c2C#N)c1. The van der Waals surface area contributed by atoms with Crippen molar-refractivity contribution in [3.05, 3.63) is 59.7 Å². The van der Waals surface area contributed by atoms with E-state index in [0.29, 0.717) is 5.56 Å². The zero-order valence-corrected chi connectivity index (χ0v) is 11.5. The first kappa shape index (κ1) is 12.3. The van der Waals surface area contributed by atoms with Crippen LogP contribution in [0.15, 0.2) is 48.5 Å². The Morgan fingerprint density at radius 1 is 1.10 bits per heavy atom. The molecule has 0 saturated carbocycles. The summed E-state index contributed by atoms with van der Waals surface area (Å²) in [7, 11) is 1.97. The molecule has 3 nitrogen and oxygen atoms in total. The van der Waals surface area contributed by atoms with Gasteiger partial charge in [-0.15, -0.1) is 0 Å². The van der Waals surface area contributed by atoms with E-state index in [9.17, 15) is 5.26 Å². The molecule has 1 aromatic heterocycles.